The van der Waals surface area contributed by atoms with Gasteiger partial charge < -0.3 is 15.4 Å². The van der Waals surface area contributed by atoms with E-state index in [1.165, 1.54) is 12.8 Å². The monoisotopic (exact) mass is 325 g/mol. The van der Waals surface area contributed by atoms with E-state index in [4.69, 9.17) is 4.74 Å². The van der Waals surface area contributed by atoms with Crippen molar-refractivity contribution in [2.24, 2.45) is 0 Å². The van der Waals surface area contributed by atoms with Gasteiger partial charge in [0.05, 0.1) is 24.7 Å². The molecule has 3 rings (SSSR count). The second-order valence-corrected chi connectivity index (χ2v) is 6.22. The molecule has 0 atom stereocenters. The van der Waals surface area contributed by atoms with Crippen LogP contribution in [-0.2, 0) is 0 Å². The number of amides is 1. The molecule has 0 aliphatic heterocycles. The number of ether oxygens (including phenoxy) is 1. The van der Waals surface area contributed by atoms with Gasteiger partial charge in [-0.05, 0) is 49.6 Å². The number of aryl methyl sites for hydroxylation is 1. The van der Waals surface area contributed by atoms with Gasteiger partial charge in [0.1, 0.15) is 11.4 Å². The summed E-state index contributed by atoms with van der Waals surface area (Å²) >= 11 is 0. The van der Waals surface area contributed by atoms with E-state index >= 15 is 0 Å². The minimum absolute atomic E-state index is 0.0958. The van der Waals surface area contributed by atoms with Gasteiger partial charge in [-0.25, -0.2) is 4.98 Å². The maximum absolute atomic E-state index is 12.2. The zero-order valence-corrected chi connectivity index (χ0v) is 14.1. The Balaban J connectivity index is 1.68. The van der Waals surface area contributed by atoms with Crippen molar-refractivity contribution in [1.82, 2.24) is 10.3 Å². The number of carbonyl (C=O) groups is 1. The molecule has 2 N–H and O–H groups in total. The van der Waals surface area contributed by atoms with E-state index in [1.807, 2.05) is 31.2 Å². The van der Waals surface area contributed by atoms with Crippen molar-refractivity contribution in [3.05, 3.63) is 47.8 Å². The Morgan fingerprint density at radius 2 is 2.00 bits per heavy atom. The predicted octanol–water partition coefficient (Wildman–Crippen LogP) is 3.81. The third-order valence-corrected chi connectivity index (χ3v) is 4.32. The third-order valence-electron chi connectivity index (χ3n) is 4.32. The summed E-state index contributed by atoms with van der Waals surface area (Å²) in [6.07, 6.45) is 6.20. The Hall–Kier alpha value is -2.56. The SMILES string of the molecule is COc1ccc(C)cc1Nc1ccc(C(=O)NC2CCCC2)nc1. The van der Waals surface area contributed by atoms with E-state index in [2.05, 4.69) is 15.6 Å². The molecule has 0 saturated heterocycles. The fourth-order valence-corrected chi connectivity index (χ4v) is 3.01. The lowest BCUT2D eigenvalue weighted by molar-refractivity contribution is 0.0933. The fraction of sp³-hybridized carbons (Fsp3) is 0.368. The Morgan fingerprint density at radius 1 is 1.21 bits per heavy atom. The Morgan fingerprint density at radius 3 is 2.67 bits per heavy atom. The number of benzene rings is 1. The molecule has 1 aromatic carbocycles. The number of hydrogen-bond donors (Lipinski definition) is 2. The Kier molecular flexibility index (Phi) is 4.99. The standard InChI is InChI=1S/C19H23N3O2/c1-13-7-10-18(24-2)17(11-13)21-15-8-9-16(20-12-15)19(23)22-14-5-3-4-6-14/h7-12,14,21H,3-6H2,1-2H3,(H,22,23). The van der Waals surface area contributed by atoms with Gasteiger partial charge in [-0.1, -0.05) is 18.9 Å². The van der Waals surface area contributed by atoms with Crippen molar-refractivity contribution in [3.63, 3.8) is 0 Å². The van der Waals surface area contributed by atoms with Crippen molar-refractivity contribution in [2.75, 3.05) is 12.4 Å². The minimum atomic E-state index is -0.0958. The molecule has 1 aliphatic rings. The smallest absolute Gasteiger partial charge is 0.270 e. The molecule has 126 valence electrons. The molecule has 24 heavy (non-hydrogen) atoms. The highest BCUT2D eigenvalue weighted by Gasteiger charge is 2.18. The van der Waals surface area contributed by atoms with Crippen molar-refractivity contribution in [3.8, 4) is 5.75 Å². The summed E-state index contributed by atoms with van der Waals surface area (Å²) < 4.78 is 5.36. The topological polar surface area (TPSA) is 63.2 Å². The fourth-order valence-electron chi connectivity index (χ4n) is 3.01. The lowest BCUT2D eigenvalue weighted by Gasteiger charge is -2.13. The molecule has 0 unspecified atom stereocenters. The highest BCUT2D eigenvalue weighted by molar-refractivity contribution is 5.92. The lowest BCUT2D eigenvalue weighted by Crippen LogP contribution is -2.33. The summed E-state index contributed by atoms with van der Waals surface area (Å²) in [5.41, 5.74) is 3.28. The van der Waals surface area contributed by atoms with Crippen LogP contribution in [0.4, 0.5) is 11.4 Å². The first kappa shape index (κ1) is 16.3. The van der Waals surface area contributed by atoms with Crippen molar-refractivity contribution in [1.29, 1.82) is 0 Å². The van der Waals surface area contributed by atoms with Crippen LogP contribution >= 0.6 is 0 Å². The summed E-state index contributed by atoms with van der Waals surface area (Å²) in [4.78, 5) is 16.5. The number of carbonyl (C=O) groups excluding carboxylic acids is 1. The first-order valence-electron chi connectivity index (χ1n) is 8.34. The highest BCUT2D eigenvalue weighted by atomic mass is 16.5. The molecule has 1 saturated carbocycles. The number of rotatable bonds is 5. The average Bonchev–Trinajstić information content (AvgIpc) is 3.09. The van der Waals surface area contributed by atoms with Crippen LogP contribution in [0, 0.1) is 6.92 Å². The second kappa shape index (κ2) is 7.34. The molecule has 5 nitrogen and oxygen atoms in total. The van der Waals surface area contributed by atoms with E-state index in [0.717, 1.165) is 35.5 Å². The highest BCUT2D eigenvalue weighted by Crippen LogP contribution is 2.28. The predicted molar refractivity (Wildman–Crippen MR) is 95.0 cm³/mol. The summed E-state index contributed by atoms with van der Waals surface area (Å²) in [5, 5.41) is 6.33. The van der Waals surface area contributed by atoms with Crippen molar-refractivity contribution < 1.29 is 9.53 Å². The number of nitrogens with zero attached hydrogens (tertiary/aromatic N) is 1. The first-order valence-corrected chi connectivity index (χ1v) is 8.34. The van der Waals surface area contributed by atoms with Gasteiger partial charge in [0.15, 0.2) is 0 Å². The molecule has 5 heteroatoms. The molecule has 1 aliphatic carbocycles. The minimum Gasteiger partial charge on any atom is -0.495 e. The molecule has 1 amide bonds. The van der Waals surface area contributed by atoms with Crippen molar-refractivity contribution >= 4 is 17.3 Å². The van der Waals surface area contributed by atoms with Crippen LogP contribution in [0.15, 0.2) is 36.5 Å². The van der Waals surface area contributed by atoms with Crippen LogP contribution in [0.2, 0.25) is 0 Å². The molecular formula is C19H23N3O2. The first-order chi connectivity index (χ1) is 11.7. The average molecular weight is 325 g/mol. The third kappa shape index (κ3) is 3.85. The number of pyridine rings is 1. The van der Waals surface area contributed by atoms with Crippen LogP contribution in [0.1, 0.15) is 41.7 Å². The molecule has 1 heterocycles. The quantitative estimate of drug-likeness (QED) is 0.877. The Labute approximate surface area is 142 Å². The lowest BCUT2D eigenvalue weighted by atomic mass is 10.2. The summed E-state index contributed by atoms with van der Waals surface area (Å²) in [5.74, 6) is 0.672. The molecule has 0 radical (unpaired) electrons. The van der Waals surface area contributed by atoms with Crippen LogP contribution in [0.5, 0.6) is 5.75 Å². The molecule has 0 spiro atoms. The van der Waals surface area contributed by atoms with Crippen LogP contribution in [0.3, 0.4) is 0 Å². The number of nitrogens with one attached hydrogen (secondary N) is 2. The number of aromatic nitrogens is 1. The number of methoxy groups -OCH3 is 1. The summed E-state index contributed by atoms with van der Waals surface area (Å²) in [6.45, 7) is 2.03. The van der Waals surface area contributed by atoms with E-state index in [1.54, 1.807) is 19.4 Å². The van der Waals surface area contributed by atoms with Gasteiger partial charge in [-0.3, -0.25) is 4.79 Å². The number of hydrogen-bond acceptors (Lipinski definition) is 4. The van der Waals surface area contributed by atoms with Gasteiger partial charge in [-0.2, -0.15) is 0 Å². The maximum Gasteiger partial charge on any atom is 0.270 e. The van der Waals surface area contributed by atoms with Crippen LogP contribution in [0.25, 0.3) is 0 Å². The van der Waals surface area contributed by atoms with Crippen LogP contribution in [-0.4, -0.2) is 24.0 Å². The summed E-state index contributed by atoms with van der Waals surface area (Å²) in [6, 6.07) is 9.84. The van der Waals surface area contributed by atoms with E-state index in [9.17, 15) is 4.79 Å². The van der Waals surface area contributed by atoms with E-state index in [0.29, 0.717) is 11.7 Å². The molecular weight excluding hydrogens is 302 g/mol. The zero-order valence-electron chi connectivity index (χ0n) is 14.1. The van der Waals surface area contributed by atoms with Gasteiger partial charge in [0.25, 0.3) is 5.91 Å². The molecule has 1 aromatic heterocycles. The van der Waals surface area contributed by atoms with Gasteiger partial charge in [0.2, 0.25) is 0 Å². The van der Waals surface area contributed by atoms with Gasteiger partial charge in [0, 0.05) is 6.04 Å². The summed E-state index contributed by atoms with van der Waals surface area (Å²) in [7, 11) is 1.64. The maximum atomic E-state index is 12.2. The molecule has 2 aromatic rings. The van der Waals surface area contributed by atoms with E-state index in [-0.39, 0.29) is 5.91 Å². The molecule has 1 fully saturated rings. The van der Waals surface area contributed by atoms with E-state index < -0.39 is 0 Å². The van der Waals surface area contributed by atoms with Gasteiger partial charge in [-0.15, -0.1) is 0 Å². The van der Waals surface area contributed by atoms with Crippen molar-refractivity contribution in [2.45, 2.75) is 38.6 Å². The van der Waals surface area contributed by atoms with Crippen LogP contribution < -0.4 is 15.4 Å². The Bertz CT molecular complexity index is 707. The zero-order chi connectivity index (χ0) is 16.9. The second-order valence-electron chi connectivity index (χ2n) is 6.22. The largest absolute Gasteiger partial charge is 0.495 e. The number of anilines is 2. The normalized spacial score (nSPS) is 14.4. The molecule has 0 bridgehead atoms. The van der Waals surface area contributed by atoms with Gasteiger partial charge >= 0.3 is 0 Å².